The number of hydrogen-bond acceptors (Lipinski definition) is 1. The molecule has 0 aliphatic rings. The number of H-pyrrole nitrogens is 1. The van der Waals surface area contributed by atoms with Crippen molar-refractivity contribution in [3.8, 4) is 11.3 Å². The lowest BCUT2D eigenvalue weighted by Gasteiger charge is -2.08. The maximum absolute atomic E-state index is 12.8. The number of benzene rings is 2. The Balaban J connectivity index is 1.80. The first kappa shape index (κ1) is 16.8. The van der Waals surface area contributed by atoms with Gasteiger partial charge < -0.3 is 10.1 Å². The zero-order valence-electron chi connectivity index (χ0n) is 13.0. The first-order valence-electron chi connectivity index (χ1n) is 7.51. The highest BCUT2D eigenvalue weighted by atomic mass is 19.4. The summed E-state index contributed by atoms with van der Waals surface area (Å²) < 4.78 is 38.4. The molecule has 3 rings (SSSR count). The molecule has 128 valence electrons. The summed E-state index contributed by atoms with van der Waals surface area (Å²) in [6.07, 6.45) is -3.85. The van der Waals surface area contributed by atoms with Gasteiger partial charge in [-0.25, -0.2) is 4.79 Å². The van der Waals surface area contributed by atoms with Crippen LogP contribution in [0.1, 0.15) is 27.2 Å². The molecule has 0 spiro atoms. The average molecular weight is 345 g/mol. The Morgan fingerprint density at radius 2 is 1.72 bits per heavy atom. The second kappa shape index (κ2) is 6.47. The monoisotopic (exact) mass is 345 g/mol. The molecule has 0 amide bonds. The Labute approximate surface area is 141 Å². The third-order valence-electron chi connectivity index (χ3n) is 3.84. The minimum absolute atomic E-state index is 0.208. The second-order valence-corrected chi connectivity index (χ2v) is 5.65. The van der Waals surface area contributed by atoms with Crippen LogP contribution < -0.4 is 0 Å². The molecule has 25 heavy (non-hydrogen) atoms. The van der Waals surface area contributed by atoms with Gasteiger partial charge in [-0.1, -0.05) is 24.3 Å². The number of aromatic nitrogens is 1. The van der Waals surface area contributed by atoms with Gasteiger partial charge in [-0.3, -0.25) is 0 Å². The predicted molar refractivity (Wildman–Crippen MR) is 87.4 cm³/mol. The van der Waals surface area contributed by atoms with Gasteiger partial charge in [0.2, 0.25) is 0 Å². The van der Waals surface area contributed by atoms with Crippen molar-refractivity contribution in [1.82, 2.24) is 4.98 Å². The average Bonchev–Trinajstić information content (AvgIpc) is 3.03. The molecule has 0 saturated carbocycles. The van der Waals surface area contributed by atoms with E-state index >= 15 is 0 Å². The van der Waals surface area contributed by atoms with E-state index in [-0.39, 0.29) is 5.56 Å². The van der Waals surface area contributed by atoms with Gasteiger partial charge in [-0.15, -0.1) is 0 Å². The number of halogens is 3. The van der Waals surface area contributed by atoms with E-state index in [9.17, 15) is 18.0 Å². The summed E-state index contributed by atoms with van der Waals surface area (Å²) >= 11 is 0. The van der Waals surface area contributed by atoms with Crippen molar-refractivity contribution in [2.24, 2.45) is 0 Å². The van der Waals surface area contributed by atoms with Crippen molar-refractivity contribution in [3.05, 3.63) is 83.0 Å². The van der Waals surface area contributed by atoms with Gasteiger partial charge in [0.1, 0.15) is 0 Å². The first-order valence-corrected chi connectivity index (χ1v) is 7.51. The zero-order valence-corrected chi connectivity index (χ0v) is 13.0. The van der Waals surface area contributed by atoms with Crippen LogP contribution in [0.25, 0.3) is 11.3 Å². The molecule has 0 unspecified atom stereocenters. The summed E-state index contributed by atoms with van der Waals surface area (Å²) in [6.45, 7) is 0. The van der Waals surface area contributed by atoms with Crippen LogP contribution in [0.4, 0.5) is 13.2 Å². The van der Waals surface area contributed by atoms with Crippen LogP contribution in [0.2, 0.25) is 0 Å². The van der Waals surface area contributed by atoms with Crippen molar-refractivity contribution >= 4 is 5.97 Å². The van der Waals surface area contributed by atoms with Gasteiger partial charge in [0, 0.05) is 17.8 Å². The van der Waals surface area contributed by atoms with Crippen LogP contribution in [0.5, 0.6) is 0 Å². The molecule has 1 aromatic heterocycles. The fourth-order valence-corrected chi connectivity index (χ4v) is 2.56. The number of hydrogen-bond donors (Lipinski definition) is 2. The molecule has 3 nitrogen and oxygen atoms in total. The van der Waals surface area contributed by atoms with Gasteiger partial charge in [0.15, 0.2) is 0 Å². The SMILES string of the molecule is O=C(O)c1ccc(Cc2ccc(-c3cccc(C(F)(F)F)c3)[nH]2)cc1. The van der Waals surface area contributed by atoms with Gasteiger partial charge >= 0.3 is 12.1 Å². The zero-order chi connectivity index (χ0) is 18.0. The molecule has 0 saturated heterocycles. The molecule has 0 radical (unpaired) electrons. The van der Waals surface area contributed by atoms with Crippen LogP contribution >= 0.6 is 0 Å². The fourth-order valence-electron chi connectivity index (χ4n) is 2.56. The lowest BCUT2D eigenvalue weighted by molar-refractivity contribution is -0.137. The third-order valence-corrected chi connectivity index (χ3v) is 3.84. The summed E-state index contributed by atoms with van der Waals surface area (Å²) in [7, 11) is 0. The molecule has 3 aromatic rings. The fraction of sp³-hybridized carbons (Fsp3) is 0.105. The van der Waals surface area contributed by atoms with E-state index in [1.165, 1.54) is 18.2 Å². The lowest BCUT2D eigenvalue weighted by atomic mass is 10.1. The second-order valence-electron chi connectivity index (χ2n) is 5.65. The minimum atomic E-state index is -4.38. The number of carboxylic acid groups (broad SMARTS) is 1. The first-order chi connectivity index (χ1) is 11.8. The molecule has 1 heterocycles. The van der Waals surface area contributed by atoms with Crippen LogP contribution in [-0.4, -0.2) is 16.1 Å². The molecule has 2 aromatic carbocycles. The van der Waals surface area contributed by atoms with Crippen LogP contribution in [0.3, 0.4) is 0 Å². The molecule has 0 atom stereocenters. The number of rotatable bonds is 4. The standard InChI is InChI=1S/C19H14F3NO2/c20-19(21,22)15-3-1-2-14(11-15)17-9-8-16(23-17)10-12-4-6-13(7-5-12)18(24)25/h1-9,11,23H,10H2,(H,24,25). The summed E-state index contributed by atoms with van der Waals surface area (Å²) in [5.41, 5.74) is 2.31. The Morgan fingerprint density at radius 3 is 2.36 bits per heavy atom. The summed E-state index contributed by atoms with van der Waals surface area (Å²) in [5.74, 6) is -0.988. The highest BCUT2D eigenvalue weighted by Crippen LogP contribution is 2.32. The van der Waals surface area contributed by atoms with Crippen molar-refractivity contribution in [2.75, 3.05) is 0 Å². The Morgan fingerprint density at radius 1 is 1.00 bits per heavy atom. The van der Waals surface area contributed by atoms with Crippen molar-refractivity contribution < 1.29 is 23.1 Å². The maximum Gasteiger partial charge on any atom is 0.416 e. The van der Waals surface area contributed by atoms with Crippen LogP contribution in [0, 0.1) is 0 Å². The molecular formula is C19H14F3NO2. The van der Waals surface area contributed by atoms with Crippen LogP contribution in [0.15, 0.2) is 60.7 Å². The van der Waals surface area contributed by atoms with Crippen LogP contribution in [-0.2, 0) is 12.6 Å². The molecule has 6 heteroatoms. The quantitative estimate of drug-likeness (QED) is 0.700. The lowest BCUT2D eigenvalue weighted by Crippen LogP contribution is -2.04. The third kappa shape index (κ3) is 3.91. The number of carboxylic acids is 1. The Hall–Kier alpha value is -3.02. The molecule has 0 fully saturated rings. The number of nitrogens with one attached hydrogen (secondary N) is 1. The Bertz CT molecular complexity index is 896. The van der Waals surface area contributed by atoms with Gasteiger partial charge in [-0.2, -0.15) is 13.2 Å². The summed E-state index contributed by atoms with van der Waals surface area (Å²) in [5, 5.41) is 8.89. The van der Waals surface area contributed by atoms with E-state index in [4.69, 9.17) is 5.11 Å². The van der Waals surface area contributed by atoms with E-state index in [0.29, 0.717) is 17.7 Å². The maximum atomic E-state index is 12.8. The molecule has 2 N–H and O–H groups in total. The van der Waals surface area contributed by atoms with E-state index in [0.717, 1.165) is 23.4 Å². The van der Waals surface area contributed by atoms with Gasteiger partial charge in [-0.05, 0) is 47.5 Å². The van der Waals surface area contributed by atoms with Crippen molar-refractivity contribution in [2.45, 2.75) is 12.6 Å². The predicted octanol–water partition coefficient (Wildman–Crippen LogP) is 4.99. The smallest absolute Gasteiger partial charge is 0.416 e. The highest BCUT2D eigenvalue weighted by Gasteiger charge is 2.30. The van der Waals surface area contributed by atoms with Gasteiger partial charge in [0.25, 0.3) is 0 Å². The number of carbonyl (C=O) groups is 1. The Kier molecular flexibility index (Phi) is 4.35. The minimum Gasteiger partial charge on any atom is -0.478 e. The number of aromatic amines is 1. The molecular weight excluding hydrogens is 331 g/mol. The van der Waals surface area contributed by atoms with Gasteiger partial charge in [0.05, 0.1) is 11.1 Å². The van der Waals surface area contributed by atoms with Crippen molar-refractivity contribution in [1.29, 1.82) is 0 Å². The number of aromatic carboxylic acids is 1. The van der Waals surface area contributed by atoms with E-state index in [1.807, 2.05) is 0 Å². The molecule has 0 aliphatic heterocycles. The van der Waals surface area contributed by atoms with E-state index < -0.39 is 17.7 Å². The van der Waals surface area contributed by atoms with E-state index in [1.54, 1.807) is 30.3 Å². The van der Waals surface area contributed by atoms with Crippen molar-refractivity contribution in [3.63, 3.8) is 0 Å². The largest absolute Gasteiger partial charge is 0.478 e. The molecule has 0 aliphatic carbocycles. The topological polar surface area (TPSA) is 53.1 Å². The van der Waals surface area contributed by atoms with E-state index in [2.05, 4.69) is 4.98 Å². The normalized spacial score (nSPS) is 11.5. The number of alkyl halides is 3. The summed E-state index contributed by atoms with van der Waals surface area (Å²) in [4.78, 5) is 14.0. The molecule has 0 bridgehead atoms. The highest BCUT2D eigenvalue weighted by molar-refractivity contribution is 5.87. The summed E-state index contributed by atoms with van der Waals surface area (Å²) in [6, 6.07) is 15.2.